The van der Waals surface area contributed by atoms with Crippen molar-refractivity contribution in [2.75, 3.05) is 6.61 Å². The highest BCUT2D eigenvalue weighted by Gasteiger charge is 2.46. The average molecular weight is 295 g/mol. The highest BCUT2D eigenvalue weighted by Crippen LogP contribution is 2.41. The number of carbonyl (C=O) groups is 1. The monoisotopic (exact) mass is 295 g/mol. The predicted octanol–water partition coefficient (Wildman–Crippen LogP) is 4.20. The van der Waals surface area contributed by atoms with E-state index in [1.165, 1.54) is 38.5 Å². The van der Waals surface area contributed by atoms with Crippen molar-refractivity contribution >= 4 is 5.97 Å². The molecule has 2 fully saturated rings. The zero-order valence-electron chi connectivity index (χ0n) is 14.2. The van der Waals surface area contributed by atoms with Crippen LogP contribution in [0.5, 0.6) is 0 Å². The highest BCUT2D eigenvalue weighted by atomic mass is 16.5. The average Bonchev–Trinajstić information content (AvgIpc) is 2.70. The Bertz CT molecular complexity index is 333. The first-order valence-electron chi connectivity index (χ1n) is 8.92. The van der Waals surface area contributed by atoms with Crippen molar-refractivity contribution in [2.45, 2.75) is 96.6 Å². The molecule has 2 saturated carbocycles. The molecule has 0 heterocycles. The van der Waals surface area contributed by atoms with Gasteiger partial charge in [0.25, 0.3) is 0 Å². The van der Waals surface area contributed by atoms with Crippen LogP contribution in [0.25, 0.3) is 0 Å². The van der Waals surface area contributed by atoms with Gasteiger partial charge in [0.05, 0.1) is 6.61 Å². The molecule has 0 radical (unpaired) electrons. The third kappa shape index (κ3) is 4.45. The number of esters is 1. The first-order valence-corrected chi connectivity index (χ1v) is 8.92. The Morgan fingerprint density at radius 2 is 1.62 bits per heavy atom. The summed E-state index contributed by atoms with van der Waals surface area (Å²) >= 11 is 0. The molecule has 3 heteroatoms. The second-order valence-electron chi connectivity index (χ2n) is 7.80. The van der Waals surface area contributed by atoms with Gasteiger partial charge < -0.3 is 4.74 Å². The van der Waals surface area contributed by atoms with Crippen molar-refractivity contribution in [3.05, 3.63) is 0 Å². The van der Waals surface area contributed by atoms with Crippen LogP contribution < -0.4 is 5.32 Å². The van der Waals surface area contributed by atoms with Crippen molar-refractivity contribution in [3.8, 4) is 0 Å². The third-order valence-electron chi connectivity index (χ3n) is 5.46. The summed E-state index contributed by atoms with van der Waals surface area (Å²) in [5, 5.41) is 3.76. The van der Waals surface area contributed by atoms with Gasteiger partial charge in [0.15, 0.2) is 0 Å². The fraction of sp³-hybridized carbons (Fsp3) is 0.944. The normalized spacial score (nSPS) is 26.0. The first kappa shape index (κ1) is 16.8. The van der Waals surface area contributed by atoms with Crippen LogP contribution in [0, 0.1) is 5.41 Å². The topological polar surface area (TPSA) is 38.3 Å². The Hall–Kier alpha value is -0.570. The summed E-state index contributed by atoms with van der Waals surface area (Å²) in [6.07, 6.45) is 11.8. The summed E-state index contributed by atoms with van der Waals surface area (Å²) in [6.45, 7) is 7.02. The molecule has 2 aliphatic carbocycles. The number of rotatable bonds is 4. The van der Waals surface area contributed by atoms with Gasteiger partial charge in [0, 0.05) is 6.04 Å². The van der Waals surface area contributed by atoms with Crippen LogP contribution in [-0.2, 0) is 9.53 Å². The van der Waals surface area contributed by atoms with Crippen LogP contribution in [0.4, 0.5) is 0 Å². The standard InChI is InChI=1S/C18H33NO2/c1-4-21-16(20)18(13-11-17(2,3)12-14-18)19-15-9-7-5-6-8-10-15/h15,19H,4-14H2,1-3H3. The number of ether oxygens (including phenoxy) is 1. The molecule has 0 spiro atoms. The molecule has 0 aromatic carbocycles. The molecule has 122 valence electrons. The SMILES string of the molecule is CCOC(=O)C1(NC2CCCCCC2)CCC(C)(C)CC1. The predicted molar refractivity (Wildman–Crippen MR) is 86.2 cm³/mol. The van der Waals surface area contributed by atoms with E-state index >= 15 is 0 Å². The minimum Gasteiger partial charge on any atom is -0.465 e. The van der Waals surface area contributed by atoms with E-state index in [1.807, 2.05) is 6.92 Å². The number of nitrogens with one attached hydrogen (secondary N) is 1. The summed E-state index contributed by atoms with van der Waals surface area (Å²) in [5.41, 5.74) is -0.0539. The van der Waals surface area contributed by atoms with Gasteiger partial charge >= 0.3 is 5.97 Å². The van der Waals surface area contributed by atoms with Gasteiger partial charge in [-0.3, -0.25) is 10.1 Å². The fourth-order valence-electron chi connectivity index (χ4n) is 3.84. The van der Waals surface area contributed by atoms with Gasteiger partial charge in [0.2, 0.25) is 0 Å². The Kier molecular flexibility index (Phi) is 5.70. The smallest absolute Gasteiger partial charge is 0.326 e. The lowest BCUT2D eigenvalue weighted by atomic mass is 9.69. The summed E-state index contributed by atoms with van der Waals surface area (Å²) < 4.78 is 5.42. The molecule has 0 atom stereocenters. The van der Waals surface area contributed by atoms with Crippen molar-refractivity contribution < 1.29 is 9.53 Å². The van der Waals surface area contributed by atoms with Crippen LogP contribution in [0.2, 0.25) is 0 Å². The van der Waals surface area contributed by atoms with E-state index in [0.717, 1.165) is 25.7 Å². The molecule has 0 aromatic heterocycles. The van der Waals surface area contributed by atoms with Crippen molar-refractivity contribution in [3.63, 3.8) is 0 Å². The molecule has 2 rings (SSSR count). The molecule has 0 aromatic rings. The maximum Gasteiger partial charge on any atom is 0.326 e. The molecule has 3 nitrogen and oxygen atoms in total. The van der Waals surface area contributed by atoms with E-state index in [0.29, 0.717) is 18.1 Å². The summed E-state index contributed by atoms with van der Waals surface area (Å²) in [6, 6.07) is 0.498. The molecule has 1 N–H and O–H groups in total. The largest absolute Gasteiger partial charge is 0.465 e. The molecule has 0 bridgehead atoms. The van der Waals surface area contributed by atoms with Gasteiger partial charge in [-0.05, 0) is 50.9 Å². The minimum absolute atomic E-state index is 0.00949. The van der Waals surface area contributed by atoms with E-state index in [4.69, 9.17) is 4.74 Å². The number of hydrogen-bond donors (Lipinski definition) is 1. The molecular weight excluding hydrogens is 262 g/mol. The van der Waals surface area contributed by atoms with Crippen LogP contribution in [0.1, 0.15) is 85.0 Å². The highest BCUT2D eigenvalue weighted by molar-refractivity contribution is 5.81. The molecule has 2 aliphatic rings. The van der Waals surface area contributed by atoms with E-state index in [-0.39, 0.29) is 5.97 Å². The lowest BCUT2D eigenvalue weighted by molar-refractivity contribution is -0.154. The summed E-state index contributed by atoms with van der Waals surface area (Å²) in [7, 11) is 0. The van der Waals surface area contributed by atoms with Crippen molar-refractivity contribution in [1.29, 1.82) is 0 Å². The lowest BCUT2D eigenvalue weighted by Crippen LogP contribution is -2.59. The fourth-order valence-corrected chi connectivity index (χ4v) is 3.84. The lowest BCUT2D eigenvalue weighted by Gasteiger charge is -2.44. The Morgan fingerprint density at radius 1 is 1.05 bits per heavy atom. The summed E-state index contributed by atoms with van der Waals surface area (Å²) in [5.74, 6) is -0.00949. The molecule has 0 amide bonds. The van der Waals surface area contributed by atoms with Crippen LogP contribution in [-0.4, -0.2) is 24.2 Å². The summed E-state index contributed by atoms with van der Waals surface area (Å²) in [4.78, 5) is 12.6. The van der Waals surface area contributed by atoms with Gasteiger partial charge in [0.1, 0.15) is 5.54 Å². The second-order valence-corrected chi connectivity index (χ2v) is 7.80. The Labute approximate surface area is 130 Å². The maximum absolute atomic E-state index is 12.6. The van der Waals surface area contributed by atoms with Gasteiger partial charge in [-0.1, -0.05) is 39.5 Å². The molecule has 0 aliphatic heterocycles. The molecule has 0 saturated heterocycles. The van der Waals surface area contributed by atoms with Crippen molar-refractivity contribution in [1.82, 2.24) is 5.32 Å². The van der Waals surface area contributed by atoms with E-state index in [2.05, 4.69) is 19.2 Å². The van der Waals surface area contributed by atoms with Crippen LogP contribution in [0.3, 0.4) is 0 Å². The Balaban J connectivity index is 2.06. The first-order chi connectivity index (χ1) is 9.97. The van der Waals surface area contributed by atoms with Crippen LogP contribution in [0.15, 0.2) is 0 Å². The van der Waals surface area contributed by atoms with Crippen molar-refractivity contribution in [2.24, 2.45) is 5.41 Å². The Morgan fingerprint density at radius 3 is 2.14 bits per heavy atom. The molecular formula is C18H33NO2. The van der Waals surface area contributed by atoms with Gasteiger partial charge in [-0.2, -0.15) is 0 Å². The van der Waals surface area contributed by atoms with E-state index < -0.39 is 5.54 Å². The van der Waals surface area contributed by atoms with Crippen LogP contribution >= 0.6 is 0 Å². The number of carbonyl (C=O) groups excluding carboxylic acids is 1. The van der Waals surface area contributed by atoms with Gasteiger partial charge in [-0.15, -0.1) is 0 Å². The van der Waals surface area contributed by atoms with E-state index in [9.17, 15) is 4.79 Å². The quantitative estimate of drug-likeness (QED) is 0.624. The zero-order valence-corrected chi connectivity index (χ0v) is 14.2. The van der Waals surface area contributed by atoms with E-state index in [1.54, 1.807) is 0 Å². The number of hydrogen-bond acceptors (Lipinski definition) is 3. The second kappa shape index (κ2) is 7.13. The zero-order chi connectivity index (χ0) is 15.3. The molecule has 21 heavy (non-hydrogen) atoms. The maximum atomic E-state index is 12.6. The third-order valence-corrected chi connectivity index (χ3v) is 5.46. The minimum atomic E-state index is -0.416. The molecule has 0 unspecified atom stereocenters. The van der Waals surface area contributed by atoms with Gasteiger partial charge in [-0.25, -0.2) is 0 Å².